The van der Waals surface area contributed by atoms with E-state index in [1.54, 1.807) is 12.4 Å². The number of fused-ring (bicyclic) bond motifs is 1. The molecule has 4 aromatic rings. The van der Waals surface area contributed by atoms with Gasteiger partial charge in [-0.25, -0.2) is 9.97 Å². The second-order valence-electron chi connectivity index (χ2n) is 7.60. The molecule has 32 heavy (non-hydrogen) atoms. The molecule has 1 amide bonds. The van der Waals surface area contributed by atoms with Crippen LogP contribution in [0.15, 0.2) is 61.2 Å². The number of hydrogen-bond acceptors (Lipinski definition) is 6. The number of nitrogens with one attached hydrogen (secondary N) is 1. The Bertz CT molecular complexity index is 1260. The van der Waals surface area contributed by atoms with Crippen LogP contribution in [0, 0.1) is 0 Å². The van der Waals surface area contributed by atoms with Gasteiger partial charge in [0.15, 0.2) is 0 Å². The van der Waals surface area contributed by atoms with E-state index in [1.807, 2.05) is 47.5 Å². The van der Waals surface area contributed by atoms with Crippen LogP contribution in [-0.4, -0.2) is 56.6 Å². The number of carbonyl (C=O) groups excluding carboxylic acids is 1. The predicted octanol–water partition coefficient (Wildman–Crippen LogP) is 3.73. The molecular formula is C24H24N6O2. The highest BCUT2D eigenvalue weighted by atomic mass is 16.5. The molecular weight excluding hydrogens is 404 g/mol. The summed E-state index contributed by atoms with van der Waals surface area (Å²) in [5.41, 5.74) is 4.33. The van der Waals surface area contributed by atoms with Crippen LogP contribution in [0.4, 0.5) is 11.6 Å². The topological polar surface area (TPSA) is 85.2 Å². The second-order valence-corrected chi connectivity index (χ2v) is 7.60. The van der Waals surface area contributed by atoms with Crippen LogP contribution in [0.2, 0.25) is 0 Å². The van der Waals surface area contributed by atoms with Crippen molar-refractivity contribution >= 4 is 28.4 Å². The molecule has 0 bridgehead atoms. The van der Waals surface area contributed by atoms with Crippen molar-refractivity contribution in [3.8, 4) is 11.3 Å². The number of morpholine rings is 1. The standard InChI is InChI=1S/C24H24N6O2/c1-2-29-16-20(19-6-8-25-15-22(19)29)21-7-9-26-24(28-21)27-18-5-3-4-17(14-18)23(31)30-10-12-32-13-11-30/h3-9,14-16H,2,10-13H2,1H3,(H,26,27,28). The Morgan fingerprint density at radius 3 is 2.88 bits per heavy atom. The van der Waals surface area contributed by atoms with Gasteiger partial charge in [-0.3, -0.25) is 9.78 Å². The molecule has 4 heterocycles. The summed E-state index contributed by atoms with van der Waals surface area (Å²) in [5.74, 6) is 0.484. The van der Waals surface area contributed by atoms with Gasteiger partial charge in [-0.1, -0.05) is 6.07 Å². The molecule has 1 N–H and O–H groups in total. The molecule has 1 saturated heterocycles. The summed E-state index contributed by atoms with van der Waals surface area (Å²) in [6, 6.07) is 11.3. The summed E-state index contributed by atoms with van der Waals surface area (Å²) >= 11 is 0. The van der Waals surface area contributed by atoms with Crippen molar-refractivity contribution in [3.63, 3.8) is 0 Å². The summed E-state index contributed by atoms with van der Waals surface area (Å²) in [6.45, 7) is 5.34. The first-order chi connectivity index (χ1) is 15.7. The zero-order valence-corrected chi connectivity index (χ0v) is 17.9. The third-order valence-electron chi connectivity index (χ3n) is 5.62. The van der Waals surface area contributed by atoms with E-state index in [9.17, 15) is 4.79 Å². The van der Waals surface area contributed by atoms with E-state index in [0.29, 0.717) is 37.8 Å². The molecule has 5 rings (SSSR count). The molecule has 1 aliphatic rings. The Kier molecular flexibility index (Phi) is 5.51. The van der Waals surface area contributed by atoms with Crippen molar-refractivity contribution in [1.29, 1.82) is 0 Å². The van der Waals surface area contributed by atoms with Crippen LogP contribution in [-0.2, 0) is 11.3 Å². The number of ether oxygens (including phenoxy) is 1. The van der Waals surface area contributed by atoms with Crippen molar-refractivity contribution in [2.45, 2.75) is 13.5 Å². The zero-order valence-electron chi connectivity index (χ0n) is 17.9. The molecule has 0 aliphatic carbocycles. The molecule has 8 nitrogen and oxygen atoms in total. The first kappa shape index (κ1) is 20.1. The summed E-state index contributed by atoms with van der Waals surface area (Å²) in [7, 11) is 0. The highest BCUT2D eigenvalue weighted by Crippen LogP contribution is 2.29. The predicted molar refractivity (Wildman–Crippen MR) is 123 cm³/mol. The van der Waals surface area contributed by atoms with Gasteiger partial charge in [0.25, 0.3) is 5.91 Å². The highest BCUT2D eigenvalue weighted by molar-refractivity contribution is 5.96. The van der Waals surface area contributed by atoms with Crippen LogP contribution < -0.4 is 5.32 Å². The van der Waals surface area contributed by atoms with Crippen LogP contribution in [0.3, 0.4) is 0 Å². The smallest absolute Gasteiger partial charge is 0.254 e. The molecule has 0 radical (unpaired) electrons. The largest absolute Gasteiger partial charge is 0.378 e. The van der Waals surface area contributed by atoms with Gasteiger partial charge in [-0.2, -0.15) is 0 Å². The fourth-order valence-corrected chi connectivity index (χ4v) is 3.98. The molecule has 1 fully saturated rings. The molecule has 0 spiro atoms. The van der Waals surface area contributed by atoms with Crippen molar-refractivity contribution in [2.24, 2.45) is 0 Å². The molecule has 0 saturated carbocycles. The minimum absolute atomic E-state index is 0.00704. The van der Waals surface area contributed by atoms with Crippen LogP contribution in [0.5, 0.6) is 0 Å². The molecule has 1 aromatic carbocycles. The van der Waals surface area contributed by atoms with E-state index in [-0.39, 0.29) is 5.91 Å². The maximum Gasteiger partial charge on any atom is 0.254 e. The molecule has 162 valence electrons. The third kappa shape index (κ3) is 3.92. The minimum atomic E-state index is 0.00704. The van der Waals surface area contributed by atoms with E-state index in [4.69, 9.17) is 9.72 Å². The molecule has 0 atom stereocenters. The maximum absolute atomic E-state index is 12.8. The Hall–Kier alpha value is -3.78. The Labute approximate surface area is 185 Å². The van der Waals surface area contributed by atoms with Crippen molar-refractivity contribution in [2.75, 3.05) is 31.6 Å². The normalized spacial score (nSPS) is 14.0. The second kappa shape index (κ2) is 8.76. The van der Waals surface area contributed by atoms with Crippen LogP contribution in [0.1, 0.15) is 17.3 Å². The van der Waals surface area contributed by atoms with Gasteiger partial charge in [-0.05, 0) is 37.3 Å². The number of benzene rings is 1. The lowest BCUT2D eigenvalue weighted by Crippen LogP contribution is -2.40. The van der Waals surface area contributed by atoms with Crippen LogP contribution in [0.25, 0.3) is 22.2 Å². The lowest BCUT2D eigenvalue weighted by Gasteiger charge is -2.27. The number of amides is 1. The highest BCUT2D eigenvalue weighted by Gasteiger charge is 2.19. The molecule has 8 heteroatoms. The number of hydrogen-bond donors (Lipinski definition) is 1. The Morgan fingerprint density at radius 1 is 1.16 bits per heavy atom. The van der Waals surface area contributed by atoms with Gasteiger partial charge in [0, 0.05) is 60.4 Å². The number of rotatable bonds is 5. The van der Waals surface area contributed by atoms with Gasteiger partial charge in [0.05, 0.1) is 30.6 Å². The summed E-state index contributed by atoms with van der Waals surface area (Å²) in [4.78, 5) is 28.0. The number of aromatic nitrogens is 4. The number of carbonyl (C=O) groups is 1. The first-order valence-corrected chi connectivity index (χ1v) is 10.7. The van der Waals surface area contributed by atoms with E-state index in [1.165, 1.54) is 0 Å². The molecule has 3 aromatic heterocycles. The summed E-state index contributed by atoms with van der Waals surface area (Å²) in [5, 5.41) is 4.35. The Balaban J connectivity index is 1.41. The lowest BCUT2D eigenvalue weighted by molar-refractivity contribution is 0.0303. The van der Waals surface area contributed by atoms with Gasteiger partial charge in [-0.15, -0.1) is 0 Å². The van der Waals surface area contributed by atoms with E-state index in [2.05, 4.69) is 33.0 Å². The van der Waals surface area contributed by atoms with E-state index < -0.39 is 0 Å². The SMILES string of the molecule is CCn1cc(-c2ccnc(Nc3cccc(C(=O)N4CCOCC4)c3)n2)c2ccncc21. The fourth-order valence-electron chi connectivity index (χ4n) is 3.98. The number of aryl methyl sites for hydroxylation is 1. The average Bonchev–Trinajstić information content (AvgIpc) is 3.23. The van der Waals surface area contributed by atoms with Crippen molar-refractivity contribution in [1.82, 2.24) is 24.4 Å². The number of nitrogens with zero attached hydrogens (tertiary/aromatic N) is 5. The van der Waals surface area contributed by atoms with Crippen molar-refractivity contribution < 1.29 is 9.53 Å². The number of anilines is 2. The van der Waals surface area contributed by atoms with Crippen LogP contribution >= 0.6 is 0 Å². The molecule has 1 aliphatic heterocycles. The lowest BCUT2D eigenvalue weighted by atomic mass is 10.1. The zero-order chi connectivity index (χ0) is 21.9. The van der Waals surface area contributed by atoms with Gasteiger partial charge >= 0.3 is 0 Å². The monoisotopic (exact) mass is 428 g/mol. The quantitative estimate of drug-likeness (QED) is 0.521. The summed E-state index contributed by atoms with van der Waals surface area (Å²) < 4.78 is 7.50. The first-order valence-electron chi connectivity index (χ1n) is 10.7. The van der Waals surface area contributed by atoms with E-state index >= 15 is 0 Å². The number of pyridine rings is 1. The fraction of sp³-hybridized carbons (Fsp3) is 0.250. The molecule has 0 unspecified atom stereocenters. The Morgan fingerprint density at radius 2 is 2.03 bits per heavy atom. The van der Waals surface area contributed by atoms with Gasteiger partial charge in [0.2, 0.25) is 5.95 Å². The maximum atomic E-state index is 12.8. The summed E-state index contributed by atoms with van der Waals surface area (Å²) in [6.07, 6.45) is 7.51. The minimum Gasteiger partial charge on any atom is -0.378 e. The third-order valence-corrected chi connectivity index (χ3v) is 5.62. The van der Waals surface area contributed by atoms with Gasteiger partial charge < -0.3 is 19.5 Å². The van der Waals surface area contributed by atoms with Crippen molar-refractivity contribution in [3.05, 3.63) is 66.7 Å². The average molecular weight is 428 g/mol. The van der Waals surface area contributed by atoms with E-state index in [0.717, 1.165) is 34.4 Å². The van der Waals surface area contributed by atoms with Gasteiger partial charge in [0.1, 0.15) is 0 Å².